The summed E-state index contributed by atoms with van der Waals surface area (Å²) in [5.41, 5.74) is 2.56. The van der Waals surface area contributed by atoms with Crippen molar-refractivity contribution in [2.24, 2.45) is 5.92 Å². The normalized spacial score (nSPS) is 10.8. The van der Waals surface area contributed by atoms with E-state index >= 15 is 0 Å². The molecule has 40 heavy (non-hydrogen) atoms. The summed E-state index contributed by atoms with van der Waals surface area (Å²) in [6.07, 6.45) is 2.72. The van der Waals surface area contributed by atoms with Gasteiger partial charge in [0.15, 0.2) is 0 Å². The Kier molecular flexibility index (Phi) is 10.6. The third-order valence-electron chi connectivity index (χ3n) is 5.89. The fraction of sp³-hybridized carbons (Fsp3) is 0.333. The maximum Gasteiger partial charge on any atom is 0.247 e. The number of anilines is 4. The lowest BCUT2D eigenvalue weighted by atomic mass is 10.1. The van der Waals surface area contributed by atoms with Crippen LogP contribution >= 0.6 is 0 Å². The number of likely N-dealkylation sites (N-methyl/N-ethyl adjacent to an activating group) is 2. The van der Waals surface area contributed by atoms with Crippen molar-refractivity contribution in [1.29, 1.82) is 0 Å². The van der Waals surface area contributed by atoms with Crippen LogP contribution in [0.25, 0.3) is 0 Å². The van der Waals surface area contributed by atoms with Crippen LogP contribution in [0, 0.1) is 5.92 Å². The number of hydrogen-bond donors (Lipinski definition) is 2. The van der Waals surface area contributed by atoms with E-state index < -0.39 is 0 Å². The molecule has 2 aromatic carbocycles. The lowest BCUT2D eigenvalue weighted by molar-refractivity contribution is -0.111. The third kappa shape index (κ3) is 8.28. The first-order valence-electron chi connectivity index (χ1n) is 13.0. The molecule has 10 heteroatoms. The molecule has 1 amide bonds. The standard InChI is InChI=1S/C30H38N6O4/c1-8-28(37)32-24-17-25(27(39-7)18-26(24)36(6)16-15-35(4)5)34-30-31-14-13-23(33-30)29(38)21-9-11-22(12-10-21)40-19-20(2)3/h8-14,17-18,20H,1,15-16,19H2,2-7H3,(H,32,37)(H,31,33,34). The van der Waals surface area contributed by atoms with Gasteiger partial charge in [0.2, 0.25) is 17.6 Å². The molecule has 0 radical (unpaired) electrons. The number of ketones is 1. The summed E-state index contributed by atoms with van der Waals surface area (Å²) in [5, 5.41) is 6.00. The molecule has 3 aromatic rings. The van der Waals surface area contributed by atoms with Gasteiger partial charge in [0.25, 0.3) is 0 Å². The van der Waals surface area contributed by atoms with E-state index in [4.69, 9.17) is 9.47 Å². The van der Waals surface area contributed by atoms with Crippen molar-refractivity contribution >= 4 is 34.7 Å². The molecule has 1 heterocycles. The summed E-state index contributed by atoms with van der Waals surface area (Å²) in [7, 11) is 7.49. The summed E-state index contributed by atoms with van der Waals surface area (Å²) in [6.45, 7) is 9.84. The molecule has 1 aromatic heterocycles. The summed E-state index contributed by atoms with van der Waals surface area (Å²) >= 11 is 0. The molecule has 0 unspecified atom stereocenters. The fourth-order valence-corrected chi connectivity index (χ4v) is 3.68. The molecular weight excluding hydrogens is 508 g/mol. The van der Waals surface area contributed by atoms with Crippen LogP contribution in [0.4, 0.5) is 23.0 Å². The molecule has 0 aliphatic rings. The van der Waals surface area contributed by atoms with E-state index in [1.54, 1.807) is 43.5 Å². The molecule has 0 saturated carbocycles. The van der Waals surface area contributed by atoms with Crippen LogP contribution in [0.2, 0.25) is 0 Å². The monoisotopic (exact) mass is 546 g/mol. The van der Waals surface area contributed by atoms with Gasteiger partial charge in [-0.1, -0.05) is 20.4 Å². The molecule has 212 valence electrons. The molecule has 3 rings (SSSR count). The molecule has 0 bridgehead atoms. The fourth-order valence-electron chi connectivity index (χ4n) is 3.68. The highest BCUT2D eigenvalue weighted by Gasteiger charge is 2.18. The number of nitrogens with one attached hydrogen (secondary N) is 2. The van der Waals surface area contributed by atoms with E-state index in [9.17, 15) is 9.59 Å². The summed E-state index contributed by atoms with van der Waals surface area (Å²) in [5.74, 6) is 1.24. The van der Waals surface area contributed by atoms with Gasteiger partial charge in [-0.05, 0) is 62.5 Å². The zero-order chi connectivity index (χ0) is 29.2. The van der Waals surface area contributed by atoms with Gasteiger partial charge in [0.1, 0.15) is 17.2 Å². The van der Waals surface area contributed by atoms with Crippen LogP contribution in [0.15, 0.2) is 61.3 Å². The van der Waals surface area contributed by atoms with Crippen molar-refractivity contribution in [3.05, 3.63) is 72.6 Å². The maximum absolute atomic E-state index is 13.1. The zero-order valence-corrected chi connectivity index (χ0v) is 24.0. The number of aromatic nitrogens is 2. The van der Waals surface area contributed by atoms with E-state index in [0.717, 1.165) is 18.8 Å². The van der Waals surface area contributed by atoms with Gasteiger partial charge in [0.05, 0.1) is 30.8 Å². The number of carbonyl (C=O) groups excluding carboxylic acids is 2. The highest BCUT2D eigenvalue weighted by Crippen LogP contribution is 2.38. The number of benzene rings is 2. The lowest BCUT2D eigenvalue weighted by Crippen LogP contribution is -2.29. The molecule has 0 saturated heterocycles. The van der Waals surface area contributed by atoms with Crippen LogP contribution in [0.1, 0.15) is 29.9 Å². The zero-order valence-electron chi connectivity index (χ0n) is 24.0. The van der Waals surface area contributed by atoms with Crippen LogP contribution < -0.4 is 25.0 Å². The molecule has 0 aliphatic heterocycles. The van der Waals surface area contributed by atoms with Gasteiger partial charge in [-0.15, -0.1) is 0 Å². The van der Waals surface area contributed by atoms with E-state index in [0.29, 0.717) is 41.0 Å². The van der Waals surface area contributed by atoms with Crippen molar-refractivity contribution in [3.8, 4) is 11.5 Å². The summed E-state index contributed by atoms with van der Waals surface area (Å²) in [4.78, 5) is 38.2. The second-order valence-electron chi connectivity index (χ2n) is 9.94. The number of hydrogen-bond acceptors (Lipinski definition) is 9. The van der Waals surface area contributed by atoms with Crippen molar-refractivity contribution in [1.82, 2.24) is 14.9 Å². The van der Waals surface area contributed by atoms with Crippen molar-refractivity contribution < 1.29 is 19.1 Å². The van der Waals surface area contributed by atoms with Gasteiger partial charge >= 0.3 is 0 Å². The molecule has 0 spiro atoms. The Balaban J connectivity index is 1.87. The van der Waals surface area contributed by atoms with Crippen LogP contribution in [-0.2, 0) is 4.79 Å². The van der Waals surface area contributed by atoms with Crippen LogP contribution in [0.3, 0.4) is 0 Å². The van der Waals surface area contributed by atoms with Gasteiger partial charge in [-0.3, -0.25) is 9.59 Å². The minimum Gasteiger partial charge on any atom is -0.494 e. The van der Waals surface area contributed by atoms with Crippen molar-refractivity contribution in [3.63, 3.8) is 0 Å². The first kappa shape index (κ1) is 30.1. The Hall–Kier alpha value is -4.44. The number of nitrogens with zero attached hydrogens (tertiary/aromatic N) is 4. The smallest absolute Gasteiger partial charge is 0.247 e. The van der Waals surface area contributed by atoms with Gasteiger partial charge in [-0.25, -0.2) is 9.97 Å². The topological polar surface area (TPSA) is 109 Å². The number of methoxy groups -OCH3 is 1. The van der Waals surface area contributed by atoms with Crippen molar-refractivity contribution in [2.75, 3.05) is 63.5 Å². The van der Waals surface area contributed by atoms with Gasteiger partial charge in [-0.2, -0.15) is 0 Å². The second-order valence-corrected chi connectivity index (χ2v) is 9.94. The Morgan fingerprint density at radius 1 is 1.05 bits per heavy atom. The lowest BCUT2D eigenvalue weighted by Gasteiger charge is -2.26. The Morgan fingerprint density at radius 2 is 1.77 bits per heavy atom. The van der Waals surface area contributed by atoms with E-state index in [-0.39, 0.29) is 23.3 Å². The molecule has 10 nitrogen and oxygen atoms in total. The Bertz CT molecular complexity index is 1320. The molecule has 0 fully saturated rings. The van der Waals surface area contributed by atoms with Crippen LogP contribution in [-0.4, -0.2) is 74.5 Å². The highest BCUT2D eigenvalue weighted by atomic mass is 16.5. The minimum absolute atomic E-state index is 0.204. The quantitative estimate of drug-likeness (QED) is 0.221. The van der Waals surface area contributed by atoms with Gasteiger partial charge < -0.3 is 29.9 Å². The molecule has 0 atom stereocenters. The largest absolute Gasteiger partial charge is 0.494 e. The number of rotatable bonds is 14. The predicted molar refractivity (Wildman–Crippen MR) is 159 cm³/mol. The Labute approximate surface area is 236 Å². The van der Waals surface area contributed by atoms with Crippen molar-refractivity contribution in [2.45, 2.75) is 13.8 Å². The summed E-state index contributed by atoms with van der Waals surface area (Å²) < 4.78 is 11.4. The number of carbonyl (C=O) groups is 2. The van der Waals surface area contributed by atoms with Crippen LogP contribution in [0.5, 0.6) is 11.5 Å². The highest BCUT2D eigenvalue weighted by molar-refractivity contribution is 6.08. The number of amides is 1. The second kappa shape index (κ2) is 14.1. The molecular formula is C30H38N6O4. The summed E-state index contributed by atoms with van der Waals surface area (Å²) in [6, 6.07) is 12.1. The first-order valence-corrected chi connectivity index (χ1v) is 13.0. The maximum atomic E-state index is 13.1. The average Bonchev–Trinajstić information content (AvgIpc) is 2.94. The van der Waals surface area contributed by atoms with E-state index in [2.05, 4.69) is 45.9 Å². The average molecular weight is 547 g/mol. The first-order chi connectivity index (χ1) is 19.1. The van der Waals surface area contributed by atoms with E-state index in [1.807, 2.05) is 32.1 Å². The minimum atomic E-state index is -0.345. The third-order valence-corrected chi connectivity index (χ3v) is 5.89. The Morgan fingerprint density at radius 3 is 2.40 bits per heavy atom. The molecule has 2 N–H and O–H groups in total. The number of ether oxygens (including phenoxy) is 2. The van der Waals surface area contributed by atoms with Gasteiger partial charge in [0, 0.05) is 38.0 Å². The van der Waals surface area contributed by atoms with E-state index in [1.165, 1.54) is 12.3 Å². The molecule has 0 aliphatic carbocycles. The predicted octanol–water partition coefficient (Wildman–Crippen LogP) is 4.62. The SMILES string of the molecule is C=CC(=O)Nc1cc(Nc2nccc(C(=O)c3ccc(OCC(C)C)cc3)n2)c(OC)cc1N(C)CCN(C)C.